The number of halogens is 1. The summed E-state index contributed by atoms with van der Waals surface area (Å²) in [5.74, 6) is -2.14. The van der Waals surface area contributed by atoms with Crippen LogP contribution in [0.5, 0.6) is 0 Å². The van der Waals surface area contributed by atoms with E-state index in [0.29, 0.717) is 4.88 Å². The lowest BCUT2D eigenvalue weighted by Crippen LogP contribution is -2.09. The topological polar surface area (TPSA) is 78.3 Å². The van der Waals surface area contributed by atoms with Gasteiger partial charge in [-0.15, -0.1) is 11.3 Å². The molecule has 6 rings (SSSR count). The first-order chi connectivity index (χ1) is 18.4. The van der Waals surface area contributed by atoms with Crippen molar-refractivity contribution >= 4 is 45.3 Å². The molecule has 186 valence electrons. The molecule has 0 atom stereocenters. The van der Waals surface area contributed by atoms with Gasteiger partial charge in [-0.05, 0) is 29.8 Å². The van der Waals surface area contributed by atoms with E-state index in [4.69, 9.17) is 9.72 Å². The van der Waals surface area contributed by atoms with Crippen molar-refractivity contribution in [2.24, 2.45) is 7.05 Å². The summed E-state index contributed by atoms with van der Waals surface area (Å²) < 4.78 is 22.0. The third-order valence-corrected chi connectivity index (χ3v) is 7.40. The van der Waals surface area contributed by atoms with Gasteiger partial charge >= 0.3 is 5.97 Å². The smallest absolute Gasteiger partial charge is 0.341 e. The lowest BCUT2D eigenvalue weighted by Gasteiger charge is -2.07. The zero-order chi connectivity index (χ0) is 26.4. The highest BCUT2D eigenvalue weighted by Crippen LogP contribution is 2.34. The van der Waals surface area contributed by atoms with Crippen LogP contribution >= 0.6 is 11.3 Å². The summed E-state index contributed by atoms with van der Waals surface area (Å²) in [4.78, 5) is 44.9. The molecule has 0 bridgehead atoms. The summed E-state index contributed by atoms with van der Waals surface area (Å²) in [6, 6.07) is 22.7. The van der Waals surface area contributed by atoms with Crippen LogP contribution in [0.2, 0.25) is 0 Å². The molecule has 6 nitrogen and oxygen atoms in total. The average Bonchev–Trinajstić information content (AvgIpc) is 3.55. The van der Waals surface area contributed by atoms with Gasteiger partial charge in [0, 0.05) is 28.6 Å². The summed E-state index contributed by atoms with van der Waals surface area (Å²) in [5.41, 5.74) is 2.04. The summed E-state index contributed by atoms with van der Waals surface area (Å²) in [5, 5.41) is 0. The maximum absolute atomic E-state index is 14.8. The number of carbonyl (C=O) groups excluding carboxylic acids is 3. The monoisotopic (exact) mass is 522 g/mol. The van der Waals surface area contributed by atoms with Gasteiger partial charge in [0.1, 0.15) is 23.1 Å². The molecule has 0 saturated carbocycles. The zero-order valence-electron chi connectivity index (χ0n) is 20.1. The van der Waals surface area contributed by atoms with Crippen molar-refractivity contribution in [2.75, 3.05) is 0 Å². The van der Waals surface area contributed by atoms with Gasteiger partial charge in [-0.25, -0.2) is 14.2 Å². The Bertz CT molecular complexity index is 1790. The van der Waals surface area contributed by atoms with E-state index in [1.165, 1.54) is 17.4 Å². The quantitative estimate of drug-likeness (QED) is 0.155. The van der Waals surface area contributed by atoms with Crippen LogP contribution < -0.4 is 0 Å². The van der Waals surface area contributed by atoms with E-state index in [1.807, 2.05) is 54.1 Å². The Hall–Kier alpha value is -4.69. The minimum absolute atomic E-state index is 0.0140. The van der Waals surface area contributed by atoms with Gasteiger partial charge in [-0.1, -0.05) is 60.7 Å². The molecule has 2 aromatic heterocycles. The first kappa shape index (κ1) is 23.7. The molecule has 0 fully saturated rings. The van der Waals surface area contributed by atoms with Crippen LogP contribution in [0.3, 0.4) is 0 Å². The van der Waals surface area contributed by atoms with Crippen molar-refractivity contribution in [3.05, 3.63) is 117 Å². The predicted octanol–water partition coefficient (Wildman–Crippen LogP) is 6.26. The molecule has 0 spiro atoms. The number of allylic oxidation sites excluding steroid dienone is 1. The standard InChI is InChI=1S/C30H19FN2O4S/c1-33-25-13-19(38-29(25)32-28(33)18-10-6-3-7-11-18)12-23-26(34)20-14-22(24(31)15-21(20)27(23)35)30(36)37-16-17-8-4-2-5-9-17/h2-15H,16H2,1H3/b23-12-. The molecule has 38 heavy (non-hydrogen) atoms. The largest absolute Gasteiger partial charge is 0.457 e. The number of imidazole rings is 1. The summed E-state index contributed by atoms with van der Waals surface area (Å²) in [6.45, 7) is -0.0415. The Labute approximate surface area is 220 Å². The van der Waals surface area contributed by atoms with Crippen LogP contribution in [0.4, 0.5) is 4.39 Å². The number of benzene rings is 3. The summed E-state index contributed by atoms with van der Waals surface area (Å²) >= 11 is 1.35. The number of thiophene rings is 1. The molecule has 8 heteroatoms. The number of esters is 1. The Morgan fingerprint density at radius 2 is 1.63 bits per heavy atom. The van der Waals surface area contributed by atoms with Gasteiger partial charge in [0.25, 0.3) is 0 Å². The molecule has 0 N–H and O–H groups in total. The number of hydrogen-bond acceptors (Lipinski definition) is 6. The van der Waals surface area contributed by atoms with Gasteiger partial charge in [0.05, 0.1) is 16.7 Å². The second-order valence-corrected chi connectivity index (χ2v) is 9.92. The molecule has 1 aliphatic carbocycles. The van der Waals surface area contributed by atoms with Crippen molar-refractivity contribution in [3.63, 3.8) is 0 Å². The van der Waals surface area contributed by atoms with Gasteiger partial charge in [-0.2, -0.15) is 0 Å². The van der Waals surface area contributed by atoms with Crippen LogP contribution in [0.15, 0.2) is 84.4 Å². The van der Waals surface area contributed by atoms with E-state index in [-0.39, 0.29) is 28.9 Å². The molecule has 0 unspecified atom stereocenters. The highest BCUT2D eigenvalue weighted by molar-refractivity contribution is 7.19. The van der Waals surface area contributed by atoms with Crippen molar-refractivity contribution in [1.82, 2.24) is 9.55 Å². The van der Waals surface area contributed by atoms with Crippen molar-refractivity contribution in [1.29, 1.82) is 0 Å². The van der Waals surface area contributed by atoms with Crippen LogP contribution in [0.1, 0.15) is 41.5 Å². The van der Waals surface area contributed by atoms with Crippen molar-refractivity contribution in [2.45, 2.75) is 6.61 Å². The van der Waals surface area contributed by atoms with E-state index in [0.717, 1.165) is 39.4 Å². The molecule has 3 aromatic carbocycles. The average molecular weight is 523 g/mol. The van der Waals surface area contributed by atoms with Gasteiger partial charge in [-0.3, -0.25) is 9.59 Å². The third kappa shape index (κ3) is 4.05. The Morgan fingerprint density at radius 3 is 2.32 bits per heavy atom. The van der Waals surface area contributed by atoms with E-state index in [1.54, 1.807) is 24.3 Å². The van der Waals surface area contributed by atoms with Crippen LogP contribution in [-0.2, 0) is 18.4 Å². The third-order valence-electron chi connectivity index (χ3n) is 6.44. The Morgan fingerprint density at radius 1 is 0.974 bits per heavy atom. The molecule has 0 amide bonds. The maximum atomic E-state index is 14.8. The SMILES string of the molecule is Cn1c(-c2ccccc2)nc2sc(/C=C3\C(=O)c4cc(F)c(C(=O)OCc5ccccc5)cc4C3=O)cc21. The normalized spacial score (nSPS) is 13.9. The molecule has 5 aromatic rings. The molecule has 0 saturated heterocycles. The number of ether oxygens (including phenoxy) is 1. The van der Waals surface area contributed by atoms with Crippen LogP contribution in [0, 0.1) is 5.82 Å². The summed E-state index contributed by atoms with van der Waals surface area (Å²) in [6.07, 6.45) is 1.50. The fourth-order valence-electron chi connectivity index (χ4n) is 4.48. The molecular formula is C30H19FN2O4S. The number of aryl methyl sites for hydroxylation is 1. The first-order valence-corrected chi connectivity index (χ1v) is 12.6. The van der Waals surface area contributed by atoms with Crippen LogP contribution in [0.25, 0.3) is 27.8 Å². The molecule has 0 radical (unpaired) electrons. The number of aromatic nitrogens is 2. The number of ketones is 2. The first-order valence-electron chi connectivity index (χ1n) is 11.8. The van der Waals surface area contributed by atoms with E-state index < -0.39 is 23.4 Å². The number of nitrogens with zero attached hydrogens (tertiary/aromatic N) is 2. The molecule has 1 aliphatic rings. The Kier molecular flexibility index (Phi) is 5.81. The van der Waals surface area contributed by atoms with Crippen LogP contribution in [-0.4, -0.2) is 27.1 Å². The highest BCUT2D eigenvalue weighted by Gasteiger charge is 2.35. The Balaban J connectivity index is 1.28. The molecule has 0 aliphatic heterocycles. The maximum Gasteiger partial charge on any atom is 0.341 e. The number of fused-ring (bicyclic) bond motifs is 2. The van der Waals surface area contributed by atoms with Crippen molar-refractivity contribution < 1.29 is 23.5 Å². The predicted molar refractivity (Wildman–Crippen MR) is 143 cm³/mol. The summed E-state index contributed by atoms with van der Waals surface area (Å²) in [7, 11) is 1.91. The van der Waals surface area contributed by atoms with E-state index in [2.05, 4.69) is 0 Å². The van der Waals surface area contributed by atoms with Gasteiger partial charge in [0.2, 0.25) is 0 Å². The second kappa shape index (κ2) is 9.32. The fourth-order valence-corrected chi connectivity index (χ4v) is 5.49. The number of carbonyl (C=O) groups is 3. The van der Waals surface area contributed by atoms with E-state index in [9.17, 15) is 18.8 Å². The minimum atomic E-state index is -0.913. The lowest BCUT2D eigenvalue weighted by atomic mass is 10.0. The number of rotatable bonds is 5. The number of Topliss-reactive ketones (excluding diaryl/α,β-unsaturated/α-hetero) is 2. The van der Waals surface area contributed by atoms with Gasteiger partial charge < -0.3 is 9.30 Å². The minimum Gasteiger partial charge on any atom is -0.457 e. The highest BCUT2D eigenvalue weighted by atomic mass is 32.1. The lowest BCUT2D eigenvalue weighted by molar-refractivity contribution is 0.0467. The van der Waals surface area contributed by atoms with Crippen molar-refractivity contribution in [3.8, 4) is 11.4 Å². The zero-order valence-corrected chi connectivity index (χ0v) is 20.9. The van der Waals surface area contributed by atoms with E-state index >= 15 is 0 Å². The van der Waals surface area contributed by atoms with Gasteiger partial charge in [0.15, 0.2) is 11.6 Å². The molecular weight excluding hydrogens is 503 g/mol. The second-order valence-electron chi connectivity index (χ2n) is 8.86. The fraction of sp³-hybridized carbons (Fsp3) is 0.0667. The molecule has 2 heterocycles. The number of hydrogen-bond donors (Lipinski definition) is 0.